The van der Waals surface area contributed by atoms with Crippen molar-refractivity contribution in [2.24, 2.45) is 5.73 Å². The average molecular weight is 249 g/mol. The fourth-order valence-corrected chi connectivity index (χ4v) is 2.50. The van der Waals surface area contributed by atoms with Crippen LogP contribution in [0.5, 0.6) is 0 Å². The molecule has 0 spiro atoms. The van der Waals surface area contributed by atoms with Crippen LogP contribution in [-0.4, -0.2) is 17.0 Å². The molecule has 0 amide bonds. The Morgan fingerprint density at radius 2 is 2.22 bits per heavy atom. The molecule has 0 saturated heterocycles. The van der Waals surface area contributed by atoms with E-state index in [1.54, 1.807) is 12.1 Å². The second-order valence-corrected chi connectivity index (χ2v) is 5.02. The number of anilines is 1. The third-order valence-corrected chi connectivity index (χ3v) is 3.50. The molecule has 1 aromatic rings. The Labute approximate surface area is 107 Å². The van der Waals surface area contributed by atoms with Gasteiger partial charge in [0.15, 0.2) is 0 Å². The summed E-state index contributed by atoms with van der Waals surface area (Å²) in [6.45, 7) is 1.89. The van der Waals surface area contributed by atoms with Crippen molar-refractivity contribution < 1.29 is 4.92 Å². The van der Waals surface area contributed by atoms with Crippen LogP contribution < -0.4 is 11.1 Å². The molecular formula is C13H19N3O2. The van der Waals surface area contributed by atoms with Gasteiger partial charge in [-0.15, -0.1) is 0 Å². The number of rotatable bonds is 3. The van der Waals surface area contributed by atoms with Crippen molar-refractivity contribution in [2.75, 3.05) is 5.32 Å². The van der Waals surface area contributed by atoms with E-state index in [0.29, 0.717) is 6.04 Å². The highest BCUT2D eigenvalue weighted by atomic mass is 16.6. The Bertz CT molecular complexity index is 448. The monoisotopic (exact) mass is 249 g/mol. The quantitative estimate of drug-likeness (QED) is 0.637. The molecule has 2 atom stereocenters. The van der Waals surface area contributed by atoms with Crippen LogP contribution in [0.15, 0.2) is 18.2 Å². The van der Waals surface area contributed by atoms with Gasteiger partial charge in [-0.2, -0.15) is 0 Å². The zero-order valence-electron chi connectivity index (χ0n) is 10.6. The number of non-ortho nitro benzene ring substituents is 1. The number of nitrogens with one attached hydrogen (secondary N) is 1. The molecule has 1 aromatic carbocycles. The predicted molar refractivity (Wildman–Crippen MR) is 71.7 cm³/mol. The fourth-order valence-electron chi connectivity index (χ4n) is 2.50. The van der Waals surface area contributed by atoms with Crippen LogP contribution >= 0.6 is 0 Å². The van der Waals surface area contributed by atoms with Crippen molar-refractivity contribution in [3.8, 4) is 0 Å². The van der Waals surface area contributed by atoms with Gasteiger partial charge in [0, 0.05) is 29.9 Å². The van der Waals surface area contributed by atoms with E-state index >= 15 is 0 Å². The summed E-state index contributed by atoms with van der Waals surface area (Å²) in [6.07, 6.45) is 4.32. The van der Waals surface area contributed by atoms with Gasteiger partial charge in [0.2, 0.25) is 0 Å². The van der Waals surface area contributed by atoms with Crippen LogP contribution in [-0.2, 0) is 0 Å². The van der Waals surface area contributed by atoms with Crippen LogP contribution in [0.3, 0.4) is 0 Å². The fraction of sp³-hybridized carbons (Fsp3) is 0.538. The lowest BCUT2D eigenvalue weighted by atomic mass is 9.91. The number of nitro groups is 1. The molecule has 5 nitrogen and oxygen atoms in total. The molecule has 18 heavy (non-hydrogen) atoms. The van der Waals surface area contributed by atoms with Gasteiger partial charge in [-0.05, 0) is 44.2 Å². The van der Waals surface area contributed by atoms with Gasteiger partial charge in [-0.3, -0.25) is 10.1 Å². The topological polar surface area (TPSA) is 81.2 Å². The molecule has 0 heterocycles. The van der Waals surface area contributed by atoms with E-state index in [1.165, 1.54) is 6.07 Å². The molecule has 0 aromatic heterocycles. The maximum absolute atomic E-state index is 10.7. The number of nitrogens with two attached hydrogens (primary N) is 1. The van der Waals surface area contributed by atoms with Crippen molar-refractivity contribution in [1.29, 1.82) is 0 Å². The Morgan fingerprint density at radius 1 is 1.44 bits per heavy atom. The first-order valence-corrected chi connectivity index (χ1v) is 6.33. The first kappa shape index (κ1) is 12.8. The zero-order valence-corrected chi connectivity index (χ0v) is 10.6. The highest BCUT2D eigenvalue weighted by molar-refractivity contribution is 5.55. The number of hydrogen-bond acceptors (Lipinski definition) is 4. The molecule has 5 heteroatoms. The van der Waals surface area contributed by atoms with Crippen molar-refractivity contribution >= 4 is 11.4 Å². The Balaban J connectivity index is 2.07. The van der Waals surface area contributed by atoms with Crippen molar-refractivity contribution in [3.63, 3.8) is 0 Å². The number of hydrogen-bond donors (Lipinski definition) is 2. The molecule has 1 saturated carbocycles. The molecule has 0 bridgehead atoms. The maximum atomic E-state index is 10.7. The first-order valence-electron chi connectivity index (χ1n) is 6.33. The predicted octanol–water partition coefficient (Wildman–Crippen LogP) is 2.59. The van der Waals surface area contributed by atoms with Gasteiger partial charge < -0.3 is 11.1 Å². The van der Waals surface area contributed by atoms with E-state index < -0.39 is 0 Å². The molecule has 2 unspecified atom stereocenters. The van der Waals surface area contributed by atoms with E-state index in [-0.39, 0.29) is 16.7 Å². The minimum Gasteiger partial charge on any atom is -0.382 e. The van der Waals surface area contributed by atoms with E-state index in [4.69, 9.17) is 5.73 Å². The Morgan fingerprint density at radius 3 is 2.83 bits per heavy atom. The summed E-state index contributed by atoms with van der Waals surface area (Å²) in [4.78, 5) is 10.3. The largest absolute Gasteiger partial charge is 0.382 e. The van der Waals surface area contributed by atoms with Crippen LogP contribution in [0.2, 0.25) is 0 Å². The normalized spacial score (nSPS) is 23.7. The molecule has 2 rings (SSSR count). The van der Waals surface area contributed by atoms with Crippen molar-refractivity contribution in [1.82, 2.24) is 0 Å². The lowest BCUT2D eigenvalue weighted by Crippen LogP contribution is -2.35. The summed E-state index contributed by atoms with van der Waals surface area (Å²) in [5.74, 6) is 0. The zero-order chi connectivity index (χ0) is 13.1. The first-order chi connectivity index (χ1) is 8.56. The van der Waals surface area contributed by atoms with Gasteiger partial charge in [-0.1, -0.05) is 0 Å². The highest BCUT2D eigenvalue weighted by Crippen LogP contribution is 2.25. The average Bonchev–Trinajstić information content (AvgIpc) is 2.31. The number of aryl methyl sites for hydroxylation is 1. The van der Waals surface area contributed by atoms with Crippen LogP contribution in [0.4, 0.5) is 11.4 Å². The summed E-state index contributed by atoms with van der Waals surface area (Å²) in [7, 11) is 0. The lowest BCUT2D eigenvalue weighted by molar-refractivity contribution is -0.384. The van der Waals surface area contributed by atoms with Crippen LogP contribution in [0.25, 0.3) is 0 Å². The smallest absolute Gasteiger partial charge is 0.269 e. The molecule has 1 fully saturated rings. The summed E-state index contributed by atoms with van der Waals surface area (Å²) in [6, 6.07) is 5.58. The molecule has 0 aliphatic heterocycles. The minimum absolute atomic E-state index is 0.137. The molecule has 1 aliphatic rings. The standard InChI is InChI=1S/C13H19N3O2/c1-9-7-12(16(17)18)5-6-13(9)15-11-4-2-3-10(14)8-11/h5-7,10-11,15H,2-4,8,14H2,1H3. The number of nitro benzene ring substituents is 1. The Kier molecular flexibility index (Phi) is 3.81. The third-order valence-electron chi connectivity index (χ3n) is 3.50. The summed E-state index contributed by atoms with van der Waals surface area (Å²) < 4.78 is 0. The van der Waals surface area contributed by atoms with Gasteiger partial charge in [0.25, 0.3) is 5.69 Å². The second-order valence-electron chi connectivity index (χ2n) is 5.02. The molecule has 1 aliphatic carbocycles. The van der Waals surface area contributed by atoms with Gasteiger partial charge >= 0.3 is 0 Å². The van der Waals surface area contributed by atoms with Gasteiger partial charge in [0.05, 0.1) is 4.92 Å². The van der Waals surface area contributed by atoms with E-state index in [2.05, 4.69) is 5.32 Å². The number of nitrogens with zero attached hydrogens (tertiary/aromatic N) is 1. The highest BCUT2D eigenvalue weighted by Gasteiger charge is 2.19. The Hall–Kier alpha value is -1.62. The van der Waals surface area contributed by atoms with E-state index in [1.807, 2.05) is 6.92 Å². The van der Waals surface area contributed by atoms with Crippen molar-refractivity contribution in [2.45, 2.75) is 44.7 Å². The lowest BCUT2D eigenvalue weighted by Gasteiger charge is -2.28. The molecule has 3 N–H and O–H groups in total. The molecule has 98 valence electrons. The van der Waals surface area contributed by atoms with Gasteiger partial charge in [-0.25, -0.2) is 0 Å². The van der Waals surface area contributed by atoms with Gasteiger partial charge in [0.1, 0.15) is 0 Å². The minimum atomic E-state index is -0.368. The van der Waals surface area contributed by atoms with E-state index in [9.17, 15) is 10.1 Å². The SMILES string of the molecule is Cc1cc([N+](=O)[O-])ccc1NC1CCCC(N)C1. The molecule has 0 radical (unpaired) electrons. The third kappa shape index (κ3) is 2.98. The maximum Gasteiger partial charge on any atom is 0.269 e. The summed E-state index contributed by atoms with van der Waals surface area (Å²) in [5.41, 5.74) is 7.97. The number of benzene rings is 1. The summed E-state index contributed by atoms with van der Waals surface area (Å²) >= 11 is 0. The summed E-state index contributed by atoms with van der Waals surface area (Å²) in [5, 5.41) is 14.1. The van der Waals surface area contributed by atoms with Crippen molar-refractivity contribution in [3.05, 3.63) is 33.9 Å². The van der Waals surface area contributed by atoms with E-state index in [0.717, 1.165) is 36.9 Å². The van der Waals surface area contributed by atoms with Crippen LogP contribution in [0, 0.1) is 17.0 Å². The molecular weight excluding hydrogens is 230 g/mol. The van der Waals surface area contributed by atoms with Crippen LogP contribution in [0.1, 0.15) is 31.2 Å². The second kappa shape index (κ2) is 5.35.